The molecule has 108 valence electrons. The van der Waals surface area contributed by atoms with Crippen molar-refractivity contribution >= 4 is 11.9 Å². The highest BCUT2D eigenvalue weighted by atomic mass is 16.5. The number of rotatable bonds is 4. The fraction of sp³-hybridized carbons (Fsp3) is 0.125. The second-order valence-electron chi connectivity index (χ2n) is 4.54. The van der Waals surface area contributed by atoms with Crippen LogP contribution in [0.5, 0.6) is 11.5 Å². The molecule has 21 heavy (non-hydrogen) atoms. The third-order valence-corrected chi connectivity index (χ3v) is 3.06. The summed E-state index contributed by atoms with van der Waals surface area (Å²) < 4.78 is 5.18. The molecule has 5 nitrogen and oxygen atoms in total. The van der Waals surface area contributed by atoms with Crippen LogP contribution in [-0.2, 0) is 4.79 Å². The summed E-state index contributed by atoms with van der Waals surface area (Å²) in [6.07, 6.45) is 0. The fourth-order valence-electron chi connectivity index (χ4n) is 1.82. The van der Waals surface area contributed by atoms with Crippen molar-refractivity contribution in [3.63, 3.8) is 0 Å². The lowest BCUT2D eigenvalue weighted by atomic mass is 10.00. The van der Waals surface area contributed by atoms with Gasteiger partial charge in [0.25, 0.3) is 0 Å². The predicted octanol–water partition coefficient (Wildman–Crippen LogP) is 2.80. The maximum absolute atomic E-state index is 11.9. The molecule has 0 spiro atoms. The molecule has 0 bridgehead atoms. The molecule has 2 aromatic carbocycles. The molecule has 2 rings (SSSR count). The van der Waals surface area contributed by atoms with Crippen LogP contribution in [0.15, 0.2) is 48.5 Å². The Morgan fingerprint density at radius 1 is 1.10 bits per heavy atom. The zero-order valence-electron chi connectivity index (χ0n) is 11.3. The fourth-order valence-corrected chi connectivity index (χ4v) is 1.82. The molecule has 2 aromatic rings. The minimum Gasteiger partial charge on any atom is -0.508 e. The Hall–Kier alpha value is -2.82. The van der Waals surface area contributed by atoms with Gasteiger partial charge in [-0.1, -0.05) is 18.2 Å². The van der Waals surface area contributed by atoms with E-state index in [0.717, 1.165) is 0 Å². The van der Waals surface area contributed by atoms with Crippen LogP contribution < -0.4 is 4.74 Å². The number of carboxylic acid groups (broad SMARTS) is 1. The monoisotopic (exact) mass is 286 g/mol. The number of hydrogen-bond acceptors (Lipinski definition) is 4. The van der Waals surface area contributed by atoms with Crippen molar-refractivity contribution in [3.8, 4) is 11.5 Å². The maximum Gasteiger partial charge on any atom is 0.343 e. The van der Waals surface area contributed by atoms with E-state index in [1.165, 1.54) is 25.1 Å². The summed E-state index contributed by atoms with van der Waals surface area (Å²) in [6.45, 7) is 1.44. The number of benzene rings is 2. The van der Waals surface area contributed by atoms with Crippen molar-refractivity contribution in [1.82, 2.24) is 0 Å². The summed E-state index contributed by atoms with van der Waals surface area (Å²) in [5.74, 6) is -2.48. The van der Waals surface area contributed by atoms with Crippen molar-refractivity contribution in [2.24, 2.45) is 0 Å². The zero-order valence-corrected chi connectivity index (χ0v) is 11.3. The average Bonchev–Trinajstić information content (AvgIpc) is 2.49. The normalized spacial score (nSPS) is 11.7. The molecule has 0 aliphatic heterocycles. The van der Waals surface area contributed by atoms with Crippen molar-refractivity contribution in [1.29, 1.82) is 0 Å². The maximum atomic E-state index is 11.9. The first-order chi connectivity index (χ1) is 9.99. The van der Waals surface area contributed by atoms with E-state index in [0.29, 0.717) is 5.56 Å². The second kappa shape index (κ2) is 6.09. The predicted molar refractivity (Wildman–Crippen MR) is 75.6 cm³/mol. The number of esters is 1. The summed E-state index contributed by atoms with van der Waals surface area (Å²) >= 11 is 0. The highest BCUT2D eigenvalue weighted by Crippen LogP contribution is 2.30. The number of hydrogen-bond donors (Lipinski definition) is 2. The van der Waals surface area contributed by atoms with Crippen LogP contribution in [0, 0.1) is 0 Å². The molecule has 0 radical (unpaired) electrons. The van der Waals surface area contributed by atoms with Gasteiger partial charge in [-0.15, -0.1) is 0 Å². The first-order valence-corrected chi connectivity index (χ1v) is 6.32. The van der Waals surface area contributed by atoms with Gasteiger partial charge in [0.15, 0.2) is 0 Å². The zero-order chi connectivity index (χ0) is 15.4. The summed E-state index contributed by atoms with van der Waals surface area (Å²) in [7, 11) is 0. The molecule has 0 aliphatic carbocycles. The van der Waals surface area contributed by atoms with Gasteiger partial charge >= 0.3 is 11.9 Å². The molecule has 2 N–H and O–H groups in total. The Labute approximate surface area is 121 Å². The van der Waals surface area contributed by atoms with Crippen LogP contribution in [0.3, 0.4) is 0 Å². The number of aromatic hydroxyl groups is 1. The summed E-state index contributed by atoms with van der Waals surface area (Å²) in [5, 5.41) is 18.7. The quantitative estimate of drug-likeness (QED) is 0.667. The first-order valence-electron chi connectivity index (χ1n) is 6.32. The number of carboxylic acids is 1. The van der Waals surface area contributed by atoms with E-state index in [-0.39, 0.29) is 17.1 Å². The van der Waals surface area contributed by atoms with Crippen LogP contribution in [0.2, 0.25) is 0 Å². The Balaban J connectivity index is 2.24. The minimum absolute atomic E-state index is 0.149. The molecule has 0 heterocycles. The van der Waals surface area contributed by atoms with Gasteiger partial charge in [0.05, 0.1) is 11.5 Å². The van der Waals surface area contributed by atoms with E-state index in [2.05, 4.69) is 0 Å². The number of phenolic OH excluding ortho intramolecular Hbond substituents is 1. The molecule has 0 amide bonds. The van der Waals surface area contributed by atoms with E-state index in [1.807, 2.05) is 0 Å². The lowest BCUT2D eigenvalue weighted by Gasteiger charge is -2.11. The smallest absolute Gasteiger partial charge is 0.343 e. The van der Waals surface area contributed by atoms with E-state index in [1.54, 1.807) is 30.3 Å². The minimum atomic E-state index is -1.07. The molecule has 0 aliphatic rings. The summed E-state index contributed by atoms with van der Waals surface area (Å²) in [4.78, 5) is 22.9. The Bertz CT molecular complexity index is 664. The van der Waals surface area contributed by atoms with Crippen LogP contribution in [-0.4, -0.2) is 22.2 Å². The lowest BCUT2D eigenvalue weighted by molar-refractivity contribution is -0.138. The van der Waals surface area contributed by atoms with Gasteiger partial charge in [0.2, 0.25) is 0 Å². The molecule has 0 aromatic heterocycles. The molecule has 5 heteroatoms. The lowest BCUT2D eigenvalue weighted by Crippen LogP contribution is -2.10. The Morgan fingerprint density at radius 2 is 1.76 bits per heavy atom. The van der Waals surface area contributed by atoms with Gasteiger partial charge in [-0.2, -0.15) is 0 Å². The van der Waals surface area contributed by atoms with E-state index in [4.69, 9.17) is 9.84 Å². The number of carbonyl (C=O) groups is 2. The third kappa shape index (κ3) is 3.39. The third-order valence-electron chi connectivity index (χ3n) is 3.06. The topological polar surface area (TPSA) is 83.8 Å². The first kappa shape index (κ1) is 14.6. The second-order valence-corrected chi connectivity index (χ2v) is 4.54. The molecular formula is C16H14O5. The van der Waals surface area contributed by atoms with Gasteiger partial charge in [-0.3, -0.25) is 4.79 Å². The largest absolute Gasteiger partial charge is 0.508 e. The van der Waals surface area contributed by atoms with E-state index < -0.39 is 17.9 Å². The van der Waals surface area contributed by atoms with Gasteiger partial charge in [0, 0.05) is 5.56 Å². The molecule has 1 unspecified atom stereocenters. The van der Waals surface area contributed by atoms with Crippen LogP contribution in [0.4, 0.5) is 0 Å². The molecular weight excluding hydrogens is 272 g/mol. The molecule has 0 saturated carbocycles. The van der Waals surface area contributed by atoms with Crippen LogP contribution in [0.25, 0.3) is 0 Å². The van der Waals surface area contributed by atoms with Gasteiger partial charge in [-0.25, -0.2) is 4.79 Å². The standard InChI is InChI=1S/C16H14O5/c1-10(15(18)19)13-9-12(7-8-14(13)17)21-16(20)11-5-3-2-4-6-11/h2-10,17H,1H3,(H,18,19). The van der Waals surface area contributed by atoms with Crippen LogP contribution >= 0.6 is 0 Å². The number of aliphatic carboxylic acids is 1. The highest BCUT2D eigenvalue weighted by Gasteiger charge is 2.19. The highest BCUT2D eigenvalue weighted by molar-refractivity contribution is 5.91. The number of phenols is 1. The summed E-state index contributed by atoms with van der Waals surface area (Å²) in [5.41, 5.74) is 0.583. The SMILES string of the molecule is CC(C(=O)O)c1cc(OC(=O)c2ccccc2)ccc1O. The Morgan fingerprint density at radius 3 is 2.38 bits per heavy atom. The average molecular weight is 286 g/mol. The van der Waals surface area contributed by atoms with Gasteiger partial charge < -0.3 is 14.9 Å². The van der Waals surface area contributed by atoms with E-state index in [9.17, 15) is 14.7 Å². The van der Waals surface area contributed by atoms with Crippen LogP contribution in [0.1, 0.15) is 28.8 Å². The van der Waals surface area contributed by atoms with Gasteiger partial charge in [0.1, 0.15) is 11.5 Å². The molecule has 0 fully saturated rings. The number of carbonyl (C=O) groups excluding carboxylic acids is 1. The van der Waals surface area contributed by atoms with Crippen molar-refractivity contribution in [2.45, 2.75) is 12.8 Å². The summed E-state index contributed by atoms with van der Waals surface area (Å²) in [6, 6.07) is 12.5. The Kier molecular flexibility index (Phi) is 4.23. The van der Waals surface area contributed by atoms with Gasteiger partial charge in [-0.05, 0) is 37.3 Å². The van der Waals surface area contributed by atoms with Crippen molar-refractivity contribution in [2.75, 3.05) is 0 Å². The number of ether oxygens (including phenoxy) is 1. The van der Waals surface area contributed by atoms with Crippen molar-refractivity contribution < 1.29 is 24.5 Å². The van der Waals surface area contributed by atoms with E-state index >= 15 is 0 Å². The van der Waals surface area contributed by atoms with Crippen molar-refractivity contribution in [3.05, 3.63) is 59.7 Å². The molecule has 0 saturated heterocycles. The molecule has 1 atom stereocenters.